The topological polar surface area (TPSA) is 96.3 Å². The van der Waals surface area contributed by atoms with Gasteiger partial charge < -0.3 is 24.6 Å². The lowest BCUT2D eigenvalue weighted by Crippen LogP contribution is -2.51. The first-order valence-corrected chi connectivity index (χ1v) is 14.5. The number of carboxylic acids is 1. The highest BCUT2D eigenvalue weighted by molar-refractivity contribution is 7.14. The smallest absolute Gasteiger partial charge is 0.348 e. The molecule has 7 nitrogen and oxygen atoms in total. The fourth-order valence-corrected chi connectivity index (χ4v) is 6.90. The van der Waals surface area contributed by atoms with Crippen LogP contribution in [0.4, 0.5) is 5.69 Å². The van der Waals surface area contributed by atoms with Crippen LogP contribution in [0.15, 0.2) is 17.7 Å². The molecule has 0 bridgehead atoms. The molecule has 0 spiro atoms. The highest BCUT2D eigenvalue weighted by atomic mass is 32.1. The first-order chi connectivity index (χ1) is 17.4. The number of hydrogen-bond donors (Lipinski definition) is 2. The number of amides is 1. The SMILES string of the molecule is CC1=CCC(C(=O)N(c2cc(C(C)(C)C)sc2C(=O)O)C2CCC(O)(CO[C@H]3CCOC3)CC2)[C@@H](C)C1. The van der Waals surface area contributed by atoms with Crippen molar-refractivity contribution in [3.05, 3.63) is 27.5 Å². The van der Waals surface area contributed by atoms with Crippen LogP contribution in [-0.2, 0) is 19.7 Å². The third kappa shape index (κ3) is 6.47. The largest absolute Gasteiger partial charge is 0.477 e. The van der Waals surface area contributed by atoms with Gasteiger partial charge in [-0.15, -0.1) is 11.3 Å². The highest BCUT2D eigenvalue weighted by Crippen LogP contribution is 2.43. The Labute approximate surface area is 224 Å². The van der Waals surface area contributed by atoms with Crippen molar-refractivity contribution in [2.24, 2.45) is 11.8 Å². The molecule has 4 rings (SSSR count). The second-order valence-corrected chi connectivity index (χ2v) is 13.5. The zero-order valence-corrected chi connectivity index (χ0v) is 23.7. The molecule has 1 aromatic rings. The van der Waals surface area contributed by atoms with E-state index in [1.165, 1.54) is 16.9 Å². The van der Waals surface area contributed by atoms with Crippen molar-refractivity contribution in [1.82, 2.24) is 0 Å². The molecule has 0 radical (unpaired) electrons. The van der Waals surface area contributed by atoms with E-state index in [0.29, 0.717) is 51.0 Å². The Morgan fingerprint density at radius 1 is 1.24 bits per heavy atom. The molecular weight excluding hydrogens is 490 g/mol. The maximum absolute atomic E-state index is 14.2. The number of anilines is 1. The van der Waals surface area contributed by atoms with Crippen molar-refractivity contribution in [2.75, 3.05) is 24.7 Å². The molecule has 1 saturated carbocycles. The van der Waals surface area contributed by atoms with Gasteiger partial charge in [-0.1, -0.05) is 39.3 Å². The van der Waals surface area contributed by atoms with Gasteiger partial charge in [0.05, 0.1) is 30.6 Å². The molecule has 1 amide bonds. The van der Waals surface area contributed by atoms with Gasteiger partial charge in [0.15, 0.2) is 0 Å². The van der Waals surface area contributed by atoms with E-state index in [1.54, 1.807) is 4.90 Å². The Bertz CT molecular complexity index is 1010. The predicted octanol–water partition coefficient (Wildman–Crippen LogP) is 5.55. The van der Waals surface area contributed by atoms with Crippen LogP contribution < -0.4 is 4.90 Å². The summed E-state index contributed by atoms with van der Waals surface area (Å²) in [4.78, 5) is 29.6. The summed E-state index contributed by atoms with van der Waals surface area (Å²) < 4.78 is 11.3. The monoisotopic (exact) mass is 533 g/mol. The zero-order chi connectivity index (χ0) is 27.0. The Kier molecular flexibility index (Phi) is 8.53. The maximum Gasteiger partial charge on any atom is 0.348 e. The van der Waals surface area contributed by atoms with Gasteiger partial charge in [0, 0.05) is 23.4 Å². The number of aliphatic hydroxyl groups is 1. The first-order valence-electron chi connectivity index (χ1n) is 13.7. The van der Waals surface area contributed by atoms with Crippen molar-refractivity contribution in [3.63, 3.8) is 0 Å². The van der Waals surface area contributed by atoms with E-state index < -0.39 is 11.6 Å². The molecule has 1 saturated heterocycles. The van der Waals surface area contributed by atoms with Gasteiger partial charge in [-0.2, -0.15) is 0 Å². The lowest BCUT2D eigenvalue weighted by Gasteiger charge is -2.42. The molecular formula is C29H43NO6S. The van der Waals surface area contributed by atoms with Crippen LogP contribution in [0.25, 0.3) is 0 Å². The number of carbonyl (C=O) groups is 2. The lowest BCUT2D eigenvalue weighted by molar-refractivity contribution is -0.125. The van der Waals surface area contributed by atoms with Gasteiger partial charge in [-0.05, 0) is 69.3 Å². The third-order valence-corrected chi connectivity index (χ3v) is 9.78. The Balaban J connectivity index is 1.61. The van der Waals surface area contributed by atoms with Gasteiger partial charge in [0.2, 0.25) is 5.91 Å². The highest BCUT2D eigenvalue weighted by Gasteiger charge is 2.42. The van der Waals surface area contributed by atoms with Crippen LogP contribution >= 0.6 is 11.3 Å². The quantitative estimate of drug-likeness (QED) is 0.446. The number of allylic oxidation sites excluding steroid dienone is 2. The lowest BCUT2D eigenvalue weighted by atomic mass is 9.78. The third-order valence-electron chi connectivity index (χ3n) is 8.24. The molecule has 2 aliphatic carbocycles. The molecule has 2 heterocycles. The first kappa shape index (κ1) is 28.3. The summed E-state index contributed by atoms with van der Waals surface area (Å²) in [6.45, 7) is 11.9. The molecule has 8 heteroatoms. The number of thiophene rings is 1. The minimum absolute atomic E-state index is 0.00630. The summed E-state index contributed by atoms with van der Waals surface area (Å²) in [5, 5.41) is 21.4. The zero-order valence-electron chi connectivity index (χ0n) is 22.9. The van der Waals surface area contributed by atoms with Crippen LogP contribution in [0.1, 0.15) is 94.1 Å². The number of rotatable bonds is 7. The fraction of sp³-hybridized carbons (Fsp3) is 0.724. The van der Waals surface area contributed by atoms with Crippen LogP contribution in [0.3, 0.4) is 0 Å². The van der Waals surface area contributed by atoms with Crippen molar-refractivity contribution in [2.45, 2.75) is 103 Å². The number of carboxylic acid groups (broad SMARTS) is 1. The fourth-order valence-electron chi connectivity index (χ4n) is 5.86. The van der Waals surface area contributed by atoms with E-state index in [1.807, 2.05) is 6.07 Å². The summed E-state index contributed by atoms with van der Waals surface area (Å²) >= 11 is 1.27. The molecule has 1 unspecified atom stereocenters. The Morgan fingerprint density at radius 3 is 2.51 bits per heavy atom. The number of aromatic carboxylic acids is 1. The average Bonchev–Trinajstić information content (AvgIpc) is 3.50. The normalized spacial score (nSPS) is 30.7. The number of hydrogen-bond acceptors (Lipinski definition) is 6. The second-order valence-electron chi connectivity index (χ2n) is 12.4. The van der Waals surface area contributed by atoms with E-state index in [9.17, 15) is 19.8 Å². The van der Waals surface area contributed by atoms with Gasteiger partial charge in [0.25, 0.3) is 0 Å². The van der Waals surface area contributed by atoms with Crippen molar-refractivity contribution >= 4 is 28.9 Å². The molecule has 0 aromatic carbocycles. The molecule has 1 aromatic heterocycles. The molecule has 206 valence electrons. The minimum atomic E-state index is -1.000. The Hall–Kier alpha value is -1.74. The molecule has 37 heavy (non-hydrogen) atoms. The van der Waals surface area contributed by atoms with Crippen LogP contribution in [0.2, 0.25) is 0 Å². The second kappa shape index (κ2) is 11.2. The molecule has 3 aliphatic rings. The molecule has 2 N–H and O–H groups in total. The van der Waals surface area contributed by atoms with E-state index >= 15 is 0 Å². The van der Waals surface area contributed by atoms with Crippen molar-refractivity contribution < 1.29 is 29.3 Å². The maximum atomic E-state index is 14.2. The summed E-state index contributed by atoms with van der Waals surface area (Å²) in [6, 6.07) is 1.76. The van der Waals surface area contributed by atoms with Crippen molar-refractivity contribution in [3.8, 4) is 0 Å². The van der Waals surface area contributed by atoms with E-state index in [0.717, 1.165) is 17.7 Å². The summed E-state index contributed by atoms with van der Waals surface area (Å²) in [6.07, 6.45) is 6.79. The van der Waals surface area contributed by atoms with Gasteiger partial charge in [-0.25, -0.2) is 4.79 Å². The van der Waals surface area contributed by atoms with E-state index in [2.05, 4.69) is 40.7 Å². The average molecular weight is 534 g/mol. The van der Waals surface area contributed by atoms with Gasteiger partial charge in [0.1, 0.15) is 4.88 Å². The van der Waals surface area contributed by atoms with Gasteiger partial charge in [-0.3, -0.25) is 4.79 Å². The summed E-state index contributed by atoms with van der Waals surface area (Å²) in [5.41, 5.74) is 0.650. The molecule has 3 atom stereocenters. The number of nitrogens with zero attached hydrogens (tertiary/aromatic N) is 1. The molecule has 1 aliphatic heterocycles. The summed E-state index contributed by atoms with van der Waals surface area (Å²) in [7, 11) is 0. The number of ether oxygens (including phenoxy) is 2. The Morgan fingerprint density at radius 2 is 1.95 bits per heavy atom. The van der Waals surface area contributed by atoms with Crippen LogP contribution in [-0.4, -0.2) is 59.7 Å². The van der Waals surface area contributed by atoms with Gasteiger partial charge >= 0.3 is 5.97 Å². The standard InChI is InChI=1S/C29H43NO6S/c1-18-6-7-22(19(2)14-18)26(31)30(23-15-24(28(3,4)5)37-25(23)27(32)33)20-8-11-29(34,12-9-20)17-36-21-10-13-35-16-21/h6,15,19-22,34H,7-14,16-17H2,1-5H3,(H,32,33)/t19-,20?,21-,22?,29?/m0/s1. The van der Waals surface area contributed by atoms with Crippen LogP contribution in [0.5, 0.6) is 0 Å². The minimum Gasteiger partial charge on any atom is -0.477 e. The van der Waals surface area contributed by atoms with Crippen molar-refractivity contribution in [1.29, 1.82) is 0 Å². The van der Waals surface area contributed by atoms with E-state index in [-0.39, 0.29) is 46.8 Å². The predicted molar refractivity (Wildman–Crippen MR) is 145 cm³/mol. The molecule has 2 fully saturated rings. The summed E-state index contributed by atoms with van der Waals surface area (Å²) in [5.74, 6) is -0.988. The van der Waals surface area contributed by atoms with E-state index in [4.69, 9.17) is 9.47 Å². The van der Waals surface area contributed by atoms with Crippen LogP contribution in [0, 0.1) is 11.8 Å². The number of carbonyl (C=O) groups excluding carboxylic acids is 1.